The van der Waals surface area contributed by atoms with Gasteiger partial charge < -0.3 is 9.47 Å². The molecule has 0 aromatic heterocycles. The first kappa shape index (κ1) is 18.8. The maximum absolute atomic E-state index is 8.91. The summed E-state index contributed by atoms with van der Waals surface area (Å²) in [6.07, 6.45) is 0. The van der Waals surface area contributed by atoms with Crippen molar-refractivity contribution in [1.82, 2.24) is 0 Å². The number of ether oxygens (including phenoxy) is 2. The van der Waals surface area contributed by atoms with E-state index in [9.17, 15) is 0 Å². The molecule has 4 rings (SSSR count). The van der Waals surface area contributed by atoms with Gasteiger partial charge in [0.05, 0.1) is 23.3 Å². The molecule has 0 aliphatic carbocycles. The van der Waals surface area contributed by atoms with Gasteiger partial charge in [-0.1, -0.05) is 24.3 Å². The van der Waals surface area contributed by atoms with Crippen molar-refractivity contribution in [2.24, 2.45) is 0 Å². The molecule has 0 saturated carbocycles. The summed E-state index contributed by atoms with van der Waals surface area (Å²) in [5.41, 5.74) is 3.17. The third-order valence-corrected chi connectivity index (χ3v) is 4.44. The zero-order valence-corrected chi connectivity index (χ0v) is 15.9. The molecule has 0 bridgehead atoms. The van der Waals surface area contributed by atoms with Crippen LogP contribution in [-0.4, -0.2) is 0 Å². The smallest absolute Gasteiger partial charge is 0.128 e. The predicted octanol–water partition coefficient (Wildman–Crippen LogP) is 6.68. The van der Waals surface area contributed by atoms with Crippen molar-refractivity contribution in [2.45, 2.75) is 0 Å². The summed E-state index contributed by atoms with van der Waals surface area (Å²) in [4.78, 5) is 0. The molecule has 0 unspecified atom stereocenters. The zero-order chi connectivity index (χ0) is 20.8. The number of nitrogens with zero attached hydrogens (tertiary/aromatic N) is 2. The minimum absolute atomic E-state index is 0.593. The average Bonchev–Trinajstić information content (AvgIpc) is 2.80. The number of rotatable bonds is 5. The van der Waals surface area contributed by atoms with Gasteiger partial charge in [0.1, 0.15) is 23.0 Å². The normalized spacial score (nSPS) is 9.93. The van der Waals surface area contributed by atoms with Gasteiger partial charge in [-0.05, 0) is 83.9 Å². The lowest BCUT2D eigenvalue weighted by Crippen LogP contribution is -1.87. The van der Waals surface area contributed by atoms with Crippen LogP contribution in [0.3, 0.4) is 0 Å². The van der Waals surface area contributed by atoms with Crippen molar-refractivity contribution in [1.29, 1.82) is 10.5 Å². The third kappa shape index (κ3) is 4.47. The Kier molecular flexibility index (Phi) is 5.42. The van der Waals surface area contributed by atoms with Crippen LogP contribution < -0.4 is 9.47 Å². The zero-order valence-electron chi connectivity index (χ0n) is 15.9. The fourth-order valence-corrected chi connectivity index (χ4v) is 2.95. The molecule has 0 saturated heterocycles. The number of benzene rings is 4. The second kappa shape index (κ2) is 8.65. The Hall–Kier alpha value is -4.54. The largest absolute Gasteiger partial charge is 0.457 e. The molecule has 0 heterocycles. The van der Waals surface area contributed by atoms with Crippen molar-refractivity contribution < 1.29 is 9.47 Å². The van der Waals surface area contributed by atoms with E-state index in [-0.39, 0.29) is 0 Å². The van der Waals surface area contributed by atoms with Crippen molar-refractivity contribution >= 4 is 0 Å². The molecule has 4 aromatic carbocycles. The van der Waals surface area contributed by atoms with E-state index in [1.165, 1.54) is 0 Å². The van der Waals surface area contributed by atoms with Crippen LogP contribution in [0.5, 0.6) is 23.0 Å². The van der Waals surface area contributed by atoms with E-state index in [1.807, 2.05) is 48.5 Å². The van der Waals surface area contributed by atoms with Gasteiger partial charge in [0.25, 0.3) is 0 Å². The van der Waals surface area contributed by atoms with E-state index >= 15 is 0 Å². The highest BCUT2D eigenvalue weighted by atomic mass is 16.5. The fourth-order valence-electron chi connectivity index (χ4n) is 2.95. The maximum Gasteiger partial charge on any atom is 0.128 e. The second-order valence-electron chi connectivity index (χ2n) is 6.53. The molecule has 4 aromatic rings. The van der Waals surface area contributed by atoms with E-state index < -0.39 is 0 Å². The van der Waals surface area contributed by atoms with Crippen molar-refractivity contribution in [3.63, 3.8) is 0 Å². The van der Waals surface area contributed by atoms with Crippen molar-refractivity contribution in [3.05, 3.63) is 108 Å². The highest BCUT2D eigenvalue weighted by Crippen LogP contribution is 2.31. The molecule has 30 heavy (non-hydrogen) atoms. The Morgan fingerprint density at radius 1 is 0.467 bits per heavy atom. The van der Waals surface area contributed by atoms with Crippen LogP contribution in [0.25, 0.3) is 11.1 Å². The maximum atomic E-state index is 8.91. The molecule has 0 aliphatic rings. The summed E-state index contributed by atoms with van der Waals surface area (Å²) in [7, 11) is 0. The fraction of sp³-hybridized carbons (Fsp3) is 0. The molecule has 0 amide bonds. The van der Waals surface area contributed by atoms with E-state index in [2.05, 4.69) is 12.1 Å². The summed E-state index contributed by atoms with van der Waals surface area (Å²) in [6, 6.07) is 33.8. The molecule has 0 N–H and O–H groups in total. The van der Waals surface area contributed by atoms with Gasteiger partial charge in [-0.15, -0.1) is 0 Å². The molecule has 0 atom stereocenters. The SMILES string of the molecule is N#Cc1ccc(Oc2cccc(-c3cccc(Oc4ccc(C#N)cc4)c3)c2)cc1. The van der Waals surface area contributed by atoms with Gasteiger partial charge in [-0.3, -0.25) is 0 Å². The molecule has 4 heteroatoms. The van der Waals surface area contributed by atoms with Gasteiger partial charge in [-0.25, -0.2) is 0 Å². The molecule has 0 radical (unpaired) electrons. The lowest BCUT2D eigenvalue weighted by Gasteiger charge is -2.10. The summed E-state index contributed by atoms with van der Waals surface area (Å²) in [5, 5.41) is 17.8. The Bertz CT molecular complexity index is 1150. The summed E-state index contributed by atoms with van der Waals surface area (Å²) in [5.74, 6) is 2.75. The van der Waals surface area contributed by atoms with Gasteiger partial charge in [0.2, 0.25) is 0 Å². The monoisotopic (exact) mass is 388 g/mol. The number of hydrogen-bond donors (Lipinski definition) is 0. The van der Waals surface area contributed by atoms with Crippen molar-refractivity contribution in [2.75, 3.05) is 0 Å². The van der Waals surface area contributed by atoms with Gasteiger partial charge in [-0.2, -0.15) is 10.5 Å². The summed E-state index contributed by atoms with van der Waals surface area (Å²) >= 11 is 0. The molecule has 142 valence electrons. The number of nitriles is 2. The molecular formula is C26H16N2O2. The first-order valence-electron chi connectivity index (χ1n) is 9.30. The first-order valence-corrected chi connectivity index (χ1v) is 9.30. The van der Waals surface area contributed by atoms with Crippen LogP contribution in [-0.2, 0) is 0 Å². The van der Waals surface area contributed by atoms with E-state index in [0.717, 1.165) is 11.1 Å². The van der Waals surface area contributed by atoms with E-state index in [1.54, 1.807) is 48.5 Å². The lowest BCUT2D eigenvalue weighted by atomic mass is 10.1. The van der Waals surface area contributed by atoms with E-state index in [0.29, 0.717) is 34.1 Å². The molecule has 0 spiro atoms. The topological polar surface area (TPSA) is 66.0 Å². The Balaban J connectivity index is 1.53. The minimum atomic E-state index is 0.593. The Labute approximate surface area is 174 Å². The third-order valence-electron chi connectivity index (χ3n) is 4.44. The van der Waals surface area contributed by atoms with Crippen LogP contribution in [0.15, 0.2) is 97.1 Å². The van der Waals surface area contributed by atoms with Gasteiger partial charge >= 0.3 is 0 Å². The van der Waals surface area contributed by atoms with Crippen LogP contribution in [0.1, 0.15) is 11.1 Å². The number of hydrogen-bond acceptors (Lipinski definition) is 4. The van der Waals surface area contributed by atoms with Gasteiger partial charge in [0, 0.05) is 0 Å². The highest BCUT2D eigenvalue weighted by Gasteiger charge is 2.05. The highest BCUT2D eigenvalue weighted by molar-refractivity contribution is 5.67. The predicted molar refractivity (Wildman–Crippen MR) is 114 cm³/mol. The van der Waals surface area contributed by atoms with Gasteiger partial charge in [0.15, 0.2) is 0 Å². The minimum Gasteiger partial charge on any atom is -0.457 e. The lowest BCUT2D eigenvalue weighted by molar-refractivity contribution is 0.482. The molecule has 0 fully saturated rings. The molecule has 0 aliphatic heterocycles. The average molecular weight is 388 g/mol. The Morgan fingerprint density at radius 2 is 0.867 bits per heavy atom. The first-order chi connectivity index (χ1) is 14.7. The van der Waals surface area contributed by atoms with Crippen molar-refractivity contribution in [3.8, 4) is 46.3 Å². The van der Waals surface area contributed by atoms with E-state index in [4.69, 9.17) is 20.0 Å². The standard InChI is InChI=1S/C26H16N2O2/c27-17-19-7-11-23(12-8-19)29-25-5-1-3-21(15-25)22-4-2-6-26(16-22)30-24-13-9-20(18-28)10-14-24/h1-16H. The summed E-state index contributed by atoms with van der Waals surface area (Å²) in [6.45, 7) is 0. The Morgan fingerprint density at radius 3 is 1.23 bits per heavy atom. The molecular weight excluding hydrogens is 372 g/mol. The van der Waals surface area contributed by atoms with Crippen LogP contribution in [0, 0.1) is 22.7 Å². The van der Waals surface area contributed by atoms with Crippen LogP contribution >= 0.6 is 0 Å². The summed E-state index contributed by atoms with van der Waals surface area (Å²) < 4.78 is 11.8. The van der Waals surface area contributed by atoms with Crippen LogP contribution in [0.2, 0.25) is 0 Å². The molecule has 4 nitrogen and oxygen atoms in total. The van der Waals surface area contributed by atoms with Crippen LogP contribution in [0.4, 0.5) is 0 Å². The quantitative estimate of drug-likeness (QED) is 0.382. The second-order valence-corrected chi connectivity index (χ2v) is 6.53.